The van der Waals surface area contributed by atoms with Crippen molar-refractivity contribution in [2.75, 3.05) is 0 Å². The van der Waals surface area contributed by atoms with Gasteiger partial charge in [-0.3, -0.25) is 5.10 Å². The molecule has 0 amide bonds. The molecule has 1 aromatic carbocycles. The Kier molecular flexibility index (Phi) is 5.08. The van der Waals surface area contributed by atoms with Gasteiger partial charge in [0, 0.05) is 16.5 Å². The van der Waals surface area contributed by atoms with E-state index < -0.39 is 0 Å². The molecule has 0 aliphatic carbocycles. The van der Waals surface area contributed by atoms with E-state index in [0.29, 0.717) is 10.3 Å². The minimum atomic E-state index is 0.169. The fraction of sp³-hybridized carbons (Fsp3) is 0.308. The topological polar surface area (TPSA) is 66.2 Å². The van der Waals surface area contributed by atoms with Crippen LogP contribution in [0, 0.1) is 4.77 Å². The van der Waals surface area contributed by atoms with Crippen LogP contribution < -0.4 is 0 Å². The van der Waals surface area contributed by atoms with E-state index in [9.17, 15) is 5.11 Å². The van der Waals surface area contributed by atoms with Gasteiger partial charge in [0.05, 0.1) is 6.21 Å². The highest BCUT2D eigenvalue weighted by molar-refractivity contribution is 9.10. The Hall–Kier alpha value is -1.47. The molecule has 1 heterocycles. The Labute approximate surface area is 130 Å². The first kappa shape index (κ1) is 14.9. The second-order valence-corrected chi connectivity index (χ2v) is 5.61. The molecule has 2 rings (SSSR count). The van der Waals surface area contributed by atoms with Crippen molar-refractivity contribution in [3.05, 3.63) is 38.8 Å². The number of aryl methyl sites for hydroxylation is 1. The zero-order valence-electron chi connectivity index (χ0n) is 11.0. The van der Waals surface area contributed by atoms with E-state index >= 15 is 0 Å². The van der Waals surface area contributed by atoms with Gasteiger partial charge in [0.2, 0.25) is 4.77 Å². The van der Waals surface area contributed by atoms with Crippen LogP contribution in [0.4, 0.5) is 0 Å². The second-order valence-electron chi connectivity index (χ2n) is 4.31. The summed E-state index contributed by atoms with van der Waals surface area (Å²) in [6, 6.07) is 5.16. The molecule has 20 heavy (non-hydrogen) atoms. The minimum Gasteiger partial charge on any atom is -0.507 e. The number of phenols is 1. The third kappa shape index (κ3) is 3.55. The smallest absolute Gasteiger partial charge is 0.216 e. The number of nitrogens with zero attached hydrogens (tertiary/aromatic N) is 3. The van der Waals surface area contributed by atoms with Crippen molar-refractivity contribution in [3.8, 4) is 5.75 Å². The summed E-state index contributed by atoms with van der Waals surface area (Å²) >= 11 is 8.52. The van der Waals surface area contributed by atoms with Crippen molar-refractivity contribution >= 4 is 34.4 Å². The molecule has 0 unspecified atom stereocenters. The Morgan fingerprint density at radius 2 is 2.35 bits per heavy atom. The van der Waals surface area contributed by atoms with E-state index in [1.807, 2.05) is 0 Å². The lowest BCUT2D eigenvalue weighted by Crippen LogP contribution is -1.99. The van der Waals surface area contributed by atoms with Crippen molar-refractivity contribution < 1.29 is 5.11 Å². The SMILES string of the molecule is CCCCc1n[nH]c(=S)n1/N=C\c1cc(Br)ccc1O. The van der Waals surface area contributed by atoms with E-state index in [2.05, 4.69) is 38.2 Å². The Bertz CT molecular complexity index is 677. The fourth-order valence-electron chi connectivity index (χ4n) is 1.69. The molecule has 0 aliphatic heterocycles. The molecule has 0 atom stereocenters. The maximum absolute atomic E-state index is 9.77. The number of rotatable bonds is 5. The number of aromatic nitrogens is 3. The van der Waals surface area contributed by atoms with E-state index in [-0.39, 0.29) is 5.75 Å². The Morgan fingerprint density at radius 3 is 3.10 bits per heavy atom. The number of aromatic hydroxyl groups is 1. The Balaban J connectivity index is 2.29. The van der Waals surface area contributed by atoms with E-state index in [1.54, 1.807) is 29.1 Å². The summed E-state index contributed by atoms with van der Waals surface area (Å²) in [7, 11) is 0. The van der Waals surface area contributed by atoms with E-state index in [0.717, 1.165) is 29.6 Å². The largest absolute Gasteiger partial charge is 0.507 e. The number of phenolic OH excluding ortho intramolecular Hbond substituents is 1. The molecular weight excluding hydrogens is 340 g/mol. The zero-order chi connectivity index (χ0) is 14.5. The first-order chi connectivity index (χ1) is 9.61. The zero-order valence-corrected chi connectivity index (χ0v) is 13.4. The summed E-state index contributed by atoms with van der Waals surface area (Å²) < 4.78 is 2.91. The van der Waals surface area contributed by atoms with Gasteiger partial charge < -0.3 is 5.11 Å². The molecule has 0 saturated heterocycles. The molecule has 0 saturated carbocycles. The van der Waals surface area contributed by atoms with Crippen LogP contribution in [0.25, 0.3) is 0 Å². The lowest BCUT2D eigenvalue weighted by Gasteiger charge is -2.01. The normalized spacial score (nSPS) is 11.3. The van der Waals surface area contributed by atoms with Crippen LogP contribution in [-0.4, -0.2) is 26.2 Å². The van der Waals surface area contributed by atoms with Crippen LogP contribution >= 0.6 is 28.1 Å². The summed E-state index contributed by atoms with van der Waals surface area (Å²) in [5, 5.41) is 21.0. The number of unbranched alkanes of at least 4 members (excludes halogenated alkanes) is 1. The molecule has 0 bridgehead atoms. The molecule has 0 aliphatic rings. The van der Waals surface area contributed by atoms with Crippen molar-refractivity contribution in [1.29, 1.82) is 0 Å². The number of halogens is 1. The number of benzene rings is 1. The molecule has 7 heteroatoms. The molecule has 1 aromatic heterocycles. The number of H-pyrrole nitrogens is 1. The van der Waals surface area contributed by atoms with Gasteiger partial charge in [-0.1, -0.05) is 29.3 Å². The summed E-state index contributed by atoms with van der Waals surface area (Å²) in [6.07, 6.45) is 4.49. The van der Waals surface area contributed by atoms with Crippen molar-refractivity contribution in [1.82, 2.24) is 14.9 Å². The van der Waals surface area contributed by atoms with Crippen LogP contribution in [0.15, 0.2) is 27.8 Å². The first-order valence-corrected chi connectivity index (χ1v) is 7.51. The number of hydrogen-bond acceptors (Lipinski definition) is 4. The minimum absolute atomic E-state index is 0.169. The standard InChI is InChI=1S/C13H15BrN4OS/c1-2-3-4-12-16-17-13(20)18(12)15-8-9-7-10(14)5-6-11(9)19/h5-8,19H,2-4H2,1H3,(H,17,20)/b15-8-. The second kappa shape index (κ2) is 6.81. The van der Waals surface area contributed by atoms with Crippen LogP contribution in [0.3, 0.4) is 0 Å². The van der Waals surface area contributed by atoms with Gasteiger partial charge in [0.15, 0.2) is 5.82 Å². The predicted octanol–water partition coefficient (Wildman–Crippen LogP) is 3.63. The van der Waals surface area contributed by atoms with Gasteiger partial charge in [-0.05, 0) is 36.8 Å². The Morgan fingerprint density at radius 1 is 1.55 bits per heavy atom. The molecule has 0 fully saturated rings. The average Bonchev–Trinajstić information content (AvgIpc) is 2.78. The van der Waals surface area contributed by atoms with Crippen LogP contribution in [0.1, 0.15) is 31.2 Å². The quantitative estimate of drug-likeness (QED) is 0.636. The summed E-state index contributed by atoms with van der Waals surface area (Å²) in [5.74, 6) is 0.963. The number of nitrogens with one attached hydrogen (secondary N) is 1. The molecule has 0 spiro atoms. The molecule has 2 aromatic rings. The maximum atomic E-state index is 9.77. The van der Waals surface area contributed by atoms with Gasteiger partial charge in [0.1, 0.15) is 5.75 Å². The van der Waals surface area contributed by atoms with Gasteiger partial charge in [-0.2, -0.15) is 14.9 Å². The van der Waals surface area contributed by atoms with Crippen LogP contribution in [0.5, 0.6) is 5.75 Å². The molecule has 106 valence electrons. The third-order valence-corrected chi connectivity index (χ3v) is 3.53. The van der Waals surface area contributed by atoms with E-state index in [4.69, 9.17) is 12.2 Å². The van der Waals surface area contributed by atoms with Gasteiger partial charge in [-0.25, -0.2) is 0 Å². The summed E-state index contributed by atoms with van der Waals surface area (Å²) in [5.41, 5.74) is 0.615. The van der Waals surface area contributed by atoms with Crippen molar-refractivity contribution in [2.24, 2.45) is 5.10 Å². The van der Waals surface area contributed by atoms with Crippen LogP contribution in [0.2, 0.25) is 0 Å². The maximum Gasteiger partial charge on any atom is 0.216 e. The monoisotopic (exact) mass is 354 g/mol. The highest BCUT2D eigenvalue weighted by Gasteiger charge is 2.05. The molecular formula is C13H15BrN4OS. The summed E-state index contributed by atoms with van der Waals surface area (Å²) in [4.78, 5) is 0. The number of hydrogen-bond donors (Lipinski definition) is 2. The number of aromatic amines is 1. The highest BCUT2D eigenvalue weighted by atomic mass is 79.9. The van der Waals surface area contributed by atoms with E-state index in [1.165, 1.54) is 0 Å². The lowest BCUT2D eigenvalue weighted by molar-refractivity contribution is 0.474. The van der Waals surface area contributed by atoms with Crippen molar-refractivity contribution in [2.45, 2.75) is 26.2 Å². The van der Waals surface area contributed by atoms with Gasteiger partial charge in [-0.15, -0.1) is 0 Å². The molecule has 2 N–H and O–H groups in total. The van der Waals surface area contributed by atoms with Gasteiger partial charge >= 0.3 is 0 Å². The van der Waals surface area contributed by atoms with Crippen LogP contribution in [-0.2, 0) is 6.42 Å². The third-order valence-electron chi connectivity index (χ3n) is 2.77. The highest BCUT2D eigenvalue weighted by Crippen LogP contribution is 2.20. The first-order valence-electron chi connectivity index (χ1n) is 6.31. The fourth-order valence-corrected chi connectivity index (χ4v) is 2.27. The summed E-state index contributed by atoms with van der Waals surface area (Å²) in [6.45, 7) is 2.12. The predicted molar refractivity (Wildman–Crippen MR) is 84.8 cm³/mol. The molecule has 5 nitrogen and oxygen atoms in total. The van der Waals surface area contributed by atoms with Gasteiger partial charge in [0.25, 0.3) is 0 Å². The van der Waals surface area contributed by atoms with Crippen molar-refractivity contribution in [3.63, 3.8) is 0 Å². The lowest BCUT2D eigenvalue weighted by atomic mass is 10.2. The molecule has 0 radical (unpaired) electrons. The average molecular weight is 355 g/mol.